The second kappa shape index (κ2) is 5.33. The SMILES string of the molecule is C=CCCCC(F)C(F)F. The Hall–Kier alpha value is -0.470. The van der Waals surface area contributed by atoms with Crippen LogP contribution >= 0.6 is 0 Å². The van der Waals surface area contributed by atoms with Crippen LogP contribution in [0.2, 0.25) is 0 Å². The van der Waals surface area contributed by atoms with Gasteiger partial charge < -0.3 is 0 Å². The van der Waals surface area contributed by atoms with Crippen molar-refractivity contribution in [3.8, 4) is 0 Å². The number of allylic oxidation sites excluding steroid dienone is 1. The minimum absolute atomic E-state index is 0.0658. The van der Waals surface area contributed by atoms with Gasteiger partial charge in [-0.2, -0.15) is 0 Å². The van der Waals surface area contributed by atoms with Crippen molar-refractivity contribution < 1.29 is 13.2 Å². The van der Waals surface area contributed by atoms with Gasteiger partial charge >= 0.3 is 0 Å². The van der Waals surface area contributed by atoms with Crippen LogP contribution in [-0.4, -0.2) is 12.6 Å². The molecule has 0 spiro atoms. The van der Waals surface area contributed by atoms with Gasteiger partial charge in [-0.15, -0.1) is 6.58 Å². The highest BCUT2D eigenvalue weighted by Crippen LogP contribution is 2.12. The largest absolute Gasteiger partial charge is 0.269 e. The molecule has 0 aromatic carbocycles. The lowest BCUT2D eigenvalue weighted by molar-refractivity contribution is 0.0445. The molecule has 0 aromatic heterocycles. The second-order valence-corrected chi connectivity index (χ2v) is 2.07. The van der Waals surface area contributed by atoms with Crippen molar-refractivity contribution in [3.63, 3.8) is 0 Å². The van der Waals surface area contributed by atoms with Gasteiger partial charge in [0.25, 0.3) is 6.43 Å². The van der Waals surface area contributed by atoms with Crippen LogP contribution in [0.4, 0.5) is 13.2 Å². The van der Waals surface area contributed by atoms with E-state index in [1.54, 1.807) is 6.08 Å². The van der Waals surface area contributed by atoms with E-state index in [-0.39, 0.29) is 6.42 Å². The Morgan fingerprint density at radius 3 is 2.30 bits per heavy atom. The molecule has 0 fully saturated rings. The Labute approximate surface area is 58.7 Å². The molecule has 0 aliphatic rings. The van der Waals surface area contributed by atoms with Gasteiger partial charge in [-0.05, 0) is 19.3 Å². The standard InChI is InChI=1S/C7H11F3/c1-2-3-4-5-6(8)7(9)10/h2,6-7H,1,3-5H2. The monoisotopic (exact) mass is 152 g/mol. The van der Waals surface area contributed by atoms with Gasteiger partial charge in [-0.3, -0.25) is 0 Å². The molecule has 0 aliphatic carbocycles. The number of alkyl halides is 3. The Morgan fingerprint density at radius 1 is 1.30 bits per heavy atom. The van der Waals surface area contributed by atoms with E-state index < -0.39 is 12.6 Å². The van der Waals surface area contributed by atoms with E-state index in [2.05, 4.69) is 6.58 Å². The molecule has 0 radical (unpaired) electrons. The second-order valence-electron chi connectivity index (χ2n) is 2.07. The molecular formula is C7H11F3. The quantitative estimate of drug-likeness (QED) is 0.419. The predicted molar refractivity (Wildman–Crippen MR) is 34.9 cm³/mol. The summed E-state index contributed by atoms with van der Waals surface area (Å²) in [6.07, 6.45) is -2.20. The first-order valence-electron chi connectivity index (χ1n) is 3.21. The van der Waals surface area contributed by atoms with Crippen LogP contribution in [0, 0.1) is 0 Å². The number of hydrogen-bond acceptors (Lipinski definition) is 0. The van der Waals surface area contributed by atoms with Crippen molar-refractivity contribution >= 4 is 0 Å². The molecule has 0 heterocycles. The molecule has 0 rings (SSSR count). The van der Waals surface area contributed by atoms with E-state index in [1.807, 2.05) is 0 Å². The minimum atomic E-state index is -2.83. The molecule has 3 heteroatoms. The van der Waals surface area contributed by atoms with Crippen LogP contribution in [0.1, 0.15) is 19.3 Å². The van der Waals surface area contributed by atoms with Gasteiger partial charge in [-0.1, -0.05) is 6.08 Å². The van der Waals surface area contributed by atoms with Crippen molar-refractivity contribution in [2.24, 2.45) is 0 Å². The fourth-order valence-corrected chi connectivity index (χ4v) is 0.583. The first-order chi connectivity index (χ1) is 4.68. The number of rotatable bonds is 5. The van der Waals surface area contributed by atoms with Crippen LogP contribution in [0.3, 0.4) is 0 Å². The Morgan fingerprint density at radius 2 is 1.90 bits per heavy atom. The lowest BCUT2D eigenvalue weighted by atomic mass is 10.2. The Kier molecular flexibility index (Phi) is 5.08. The van der Waals surface area contributed by atoms with E-state index in [0.29, 0.717) is 12.8 Å². The predicted octanol–water partition coefficient (Wildman–Crippen LogP) is 2.95. The molecule has 0 aliphatic heterocycles. The molecule has 0 nitrogen and oxygen atoms in total. The lowest BCUT2D eigenvalue weighted by Crippen LogP contribution is -2.11. The van der Waals surface area contributed by atoms with Crippen molar-refractivity contribution in [3.05, 3.63) is 12.7 Å². The molecular weight excluding hydrogens is 141 g/mol. The summed E-state index contributed by atoms with van der Waals surface area (Å²) < 4.78 is 35.0. The molecule has 0 amide bonds. The zero-order valence-electron chi connectivity index (χ0n) is 5.69. The number of hydrogen-bond donors (Lipinski definition) is 0. The number of unbranched alkanes of at least 4 members (excludes halogenated alkanes) is 1. The van der Waals surface area contributed by atoms with Gasteiger partial charge in [0.2, 0.25) is 0 Å². The third kappa shape index (κ3) is 4.41. The van der Waals surface area contributed by atoms with Crippen LogP contribution in [-0.2, 0) is 0 Å². The van der Waals surface area contributed by atoms with Crippen molar-refractivity contribution in [2.75, 3.05) is 0 Å². The van der Waals surface area contributed by atoms with Gasteiger partial charge in [-0.25, -0.2) is 13.2 Å². The lowest BCUT2D eigenvalue weighted by Gasteiger charge is -2.03. The fourth-order valence-electron chi connectivity index (χ4n) is 0.583. The van der Waals surface area contributed by atoms with Crippen LogP contribution in [0.15, 0.2) is 12.7 Å². The topological polar surface area (TPSA) is 0 Å². The smallest absolute Gasteiger partial charge is 0.241 e. The van der Waals surface area contributed by atoms with Crippen LogP contribution < -0.4 is 0 Å². The summed E-state index contributed by atoms with van der Waals surface area (Å²) in [5, 5.41) is 0. The summed E-state index contributed by atoms with van der Waals surface area (Å²) in [5.41, 5.74) is 0. The maximum atomic E-state index is 12.1. The van der Waals surface area contributed by atoms with E-state index in [0.717, 1.165) is 0 Å². The van der Waals surface area contributed by atoms with E-state index >= 15 is 0 Å². The molecule has 0 aromatic rings. The highest BCUT2D eigenvalue weighted by Gasteiger charge is 2.17. The normalized spacial score (nSPS) is 13.6. The van der Waals surface area contributed by atoms with Gasteiger partial charge in [0, 0.05) is 0 Å². The van der Waals surface area contributed by atoms with Gasteiger partial charge in [0.05, 0.1) is 0 Å². The third-order valence-corrected chi connectivity index (χ3v) is 1.16. The average molecular weight is 152 g/mol. The highest BCUT2D eigenvalue weighted by atomic mass is 19.3. The molecule has 10 heavy (non-hydrogen) atoms. The third-order valence-electron chi connectivity index (χ3n) is 1.16. The Balaban J connectivity index is 3.21. The van der Waals surface area contributed by atoms with Crippen molar-refractivity contribution in [2.45, 2.75) is 31.9 Å². The molecule has 1 unspecified atom stereocenters. The maximum absolute atomic E-state index is 12.1. The summed E-state index contributed by atoms with van der Waals surface area (Å²) in [7, 11) is 0. The van der Waals surface area contributed by atoms with Crippen molar-refractivity contribution in [1.29, 1.82) is 0 Å². The first-order valence-corrected chi connectivity index (χ1v) is 3.21. The summed E-state index contributed by atoms with van der Waals surface area (Å²) >= 11 is 0. The summed E-state index contributed by atoms with van der Waals surface area (Å²) in [6.45, 7) is 3.39. The number of halogens is 3. The molecule has 60 valence electrons. The summed E-state index contributed by atoms with van der Waals surface area (Å²) in [4.78, 5) is 0. The molecule has 0 saturated heterocycles. The molecule has 0 N–H and O–H groups in total. The van der Waals surface area contributed by atoms with Gasteiger partial charge in [0.1, 0.15) is 0 Å². The molecule has 0 bridgehead atoms. The van der Waals surface area contributed by atoms with Crippen LogP contribution in [0.25, 0.3) is 0 Å². The van der Waals surface area contributed by atoms with E-state index in [9.17, 15) is 13.2 Å². The van der Waals surface area contributed by atoms with Gasteiger partial charge in [0.15, 0.2) is 6.17 Å². The Bertz CT molecular complexity index is 90.9. The average Bonchev–Trinajstić information content (AvgIpc) is 1.88. The highest BCUT2D eigenvalue weighted by molar-refractivity contribution is 4.68. The summed E-state index contributed by atoms with van der Waals surface area (Å²) in [5.74, 6) is 0. The molecule has 1 atom stereocenters. The zero-order chi connectivity index (χ0) is 7.98. The van der Waals surface area contributed by atoms with E-state index in [1.165, 1.54) is 0 Å². The van der Waals surface area contributed by atoms with Crippen LogP contribution in [0.5, 0.6) is 0 Å². The zero-order valence-corrected chi connectivity index (χ0v) is 5.69. The first kappa shape index (κ1) is 9.53. The molecule has 0 saturated carbocycles. The summed E-state index contributed by atoms with van der Waals surface area (Å²) in [6, 6.07) is 0. The fraction of sp³-hybridized carbons (Fsp3) is 0.714. The van der Waals surface area contributed by atoms with E-state index in [4.69, 9.17) is 0 Å². The maximum Gasteiger partial charge on any atom is 0.269 e. The van der Waals surface area contributed by atoms with Crippen molar-refractivity contribution in [1.82, 2.24) is 0 Å². The minimum Gasteiger partial charge on any atom is -0.241 e.